The molecular weight excluding hydrogens is 409 g/mol. The highest BCUT2D eigenvalue weighted by molar-refractivity contribution is 7.99. The van der Waals surface area contributed by atoms with Crippen molar-refractivity contribution in [1.82, 2.24) is 9.71 Å². The minimum Gasteiger partial charge on any atom is -0.243 e. The molecule has 0 saturated heterocycles. The Morgan fingerprint density at radius 3 is 2.54 bits per heavy atom. The molecule has 148 valence electrons. The maximum Gasteiger partial charge on any atom is 0.433 e. The summed E-state index contributed by atoms with van der Waals surface area (Å²) in [4.78, 5) is 4.24. The Kier molecular flexibility index (Phi) is 5.97. The Hall–Kier alpha value is -2.10. The van der Waals surface area contributed by atoms with E-state index in [1.165, 1.54) is 12.1 Å². The molecule has 1 aromatic heterocycles. The van der Waals surface area contributed by atoms with Crippen LogP contribution in [0.2, 0.25) is 0 Å². The molecule has 0 aliphatic carbocycles. The van der Waals surface area contributed by atoms with Crippen LogP contribution in [0.3, 0.4) is 0 Å². The summed E-state index contributed by atoms with van der Waals surface area (Å²) in [6.07, 6.45) is -4.55. The van der Waals surface area contributed by atoms with Crippen molar-refractivity contribution in [2.24, 2.45) is 0 Å². The highest BCUT2D eigenvalue weighted by atomic mass is 32.2. The van der Waals surface area contributed by atoms with Crippen LogP contribution in [0.1, 0.15) is 11.3 Å². The molecule has 0 radical (unpaired) electrons. The fourth-order valence-corrected chi connectivity index (χ4v) is 4.82. The Morgan fingerprint density at radius 1 is 1.07 bits per heavy atom. The molecule has 0 unspecified atom stereocenters. The summed E-state index contributed by atoms with van der Waals surface area (Å²) in [6, 6.07) is 14.1. The van der Waals surface area contributed by atoms with E-state index < -0.39 is 21.9 Å². The zero-order chi connectivity index (χ0) is 20.4. The maximum atomic E-state index is 13.1. The fraction of sp³-hybridized carbons (Fsp3) is 0.211. The summed E-state index contributed by atoms with van der Waals surface area (Å²) in [5, 5.41) is 0.599. The Labute approximate surface area is 165 Å². The summed E-state index contributed by atoms with van der Waals surface area (Å²) < 4.78 is 66.4. The minimum atomic E-state index is -4.55. The molecule has 1 heterocycles. The first-order valence-electron chi connectivity index (χ1n) is 8.33. The van der Waals surface area contributed by atoms with Gasteiger partial charge in [-0.05, 0) is 36.8 Å². The van der Waals surface area contributed by atoms with Crippen LogP contribution in [0, 0.1) is 6.92 Å². The van der Waals surface area contributed by atoms with E-state index in [1.807, 2.05) is 0 Å². The number of rotatable bonds is 6. The lowest BCUT2D eigenvalue weighted by molar-refractivity contribution is -0.141. The van der Waals surface area contributed by atoms with Gasteiger partial charge in [-0.25, -0.2) is 18.1 Å². The van der Waals surface area contributed by atoms with Crippen LogP contribution >= 0.6 is 11.8 Å². The van der Waals surface area contributed by atoms with E-state index in [0.717, 1.165) is 23.4 Å². The van der Waals surface area contributed by atoms with Crippen LogP contribution in [0.15, 0.2) is 64.4 Å². The topological polar surface area (TPSA) is 59.1 Å². The fourth-order valence-electron chi connectivity index (χ4n) is 2.61. The Balaban J connectivity index is 1.73. The number of hydrogen-bond donors (Lipinski definition) is 1. The van der Waals surface area contributed by atoms with Crippen LogP contribution in [0.5, 0.6) is 0 Å². The molecule has 4 nitrogen and oxygen atoms in total. The first-order chi connectivity index (χ1) is 13.2. The molecule has 0 bridgehead atoms. The lowest BCUT2D eigenvalue weighted by Crippen LogP contribution is -2.26. The predicted octanol–water partition coefficient (Wildman–Crippen LogP) is 4.63. The van der Waals surface area contributed by atoms with E-state index in [9.17, 15) is 21.6 Å². The third kappa shape index (κ3) is 4.84. The van der Waals surface area contributed by atoms with Gasteiger partial charge < -0.3 is 0 Å². The number of nitrogens with one attached hydrogen (secondary N) is 1. The van der Waals surface area contributed by atoms with Crippen LogP contribution in [-0.2, 0) is 16.2 Å². The van der Waals surface area contributed by atoms with E-state index in [2.05, 4.69) is 9.71 Å². The first kappa shape index (κ1) is 20.6. The Bertz CT molecular complexity index is 1100. The lowest BCUT2D eigenvalue weighted by Gasteiger charge is -2.12. The number of alkyl halides is 3. The van der Waals surface area contributed by atoms with Gasteiger partial charge in [0, 0.05) is 22.6 Å². The minimum absolute atomic E-state index is 0.0823. The van der Waals surface area contributed by atoms with Crippen LogP contribution in [0.25, 0.3) is 10.9 Å². The summed E-state index contributed by atoms with van der Waals surface area (Å²) in [7, 11) is -3.67. The van der Waals surface area contributed by atoms with E-state index in [1.54, 1.807) is 43.3 Å². The number of aryl methyl sites for hydroxylation is 1. The molecule has 9 heteroatoms. The molecule has 0 atom stereocenters. The van der Waals surface area contributed by atoms with Gasteiger partial charge in [-0.2, -0.15) is 13.2 Å². The highest BCUT2D eigenvalue weighted by Crippen LogP contribution is 2.34. The molecule has 0 amide bonds. The van der Waals surface area contributed by atoms with E-state index >= 15 is 0 Å². The van der Waals surface area contributed by atoms with E-state index in [4.69, 9.17) is 0 Å². The molecule has 1 N–H and O–H groups in total. The number of thioether (sulfide) groups is 1. The molecule has 0 aliphatic heterocycles. The molecule has 3 aromatic rings. The molecule has 0 aliphatic rings. The summed E-state index contributed by atoms with van der Waals surface area (Å²) in [5.74, 6) is 0.274. The van der Waals surface area contributed by atoms with Gasteiger partial charge in [0.25, 0.3) is 0 Å². The van der Waals surface area contributed by atoms with Gasteiger partial charge in [-0.1, -0.05) is 30.3 Å². The second-order valence-electron chi connectivity index (χ2n) is 6.08. The van der Waals surface area contributed by atoms with Crippen molar-refractivity contribution in [3.63, 3.8) is 0 Å². The van der Waals surface area contributed by atoms with Crippen molar-refractivity contribution in [1.29, 1.82) is 0 Å². The molecule has 2 aromatic carbocycles. The van der Waals surface area contributed by atoms with Crippen LogP contribution in [0.4, 0.5) is 13.2 Å². The second kappa shape index (κ2) is 8.10. The van der Waals surface area contributed by atoms with E-state index in [-0.39, 0.29) is 22.7 Å². The zero-order valence-corrected chi connectivity index (χ0v) is 16.5. The SMILES string of the molecule is Cc1cccc(S(=O)(=O)NCCSc2cc(C(F)(F)F)nc3ccccc23)c1. The third-order valence-electron chi connectivity index (χ3n) is 3.92. The van der Waals surface area contributed by atoms with Gasteiger partial charge in [0.05, 0.1) is 10.4 Å². The number of fused-ring (bicyclic) bond motifs is 1. The van der Waals surface area contributed by atoms with Crippen molar-refractivity contribution in [3.05, 3.63) is 65.9 Å². The monoisotopic (exact) mass is 426 g/mol. The van der Waals surface area contributed by atoms with Gasteiger partial charge in [0.15, 0.2) is 0 Å². The molecule has 0 saturated carbocycles. The number of aromatic nitrogens is 1. The predicted molar refractivity (Wildman–Crippen MR) is 104 cm³/mol. The first-order valence-corrected chi connectivity index (χ1v) is 10.8. The van der Waals surface area contributed by atoms with Gasteiger partial charge in [0.2, 0.25) is 10.0 Å². The third-order valence-corrected chi connectivity index (χ3v) is 6.44. The number of halogens is 3. The van der Waals surface area contributed by atoms with Crippen LogP contribution in [-0.4, -0.2) is 25.7 Å². The quantitative estimate of drug-likeness (QED) is 0.461. The zero-order valence-electron chi connectivity index (χ0n) is 14.8. The molecule has 0 spiro atoms. The number of hydrogen-bond acceptors (Lipinski definition) is 4. The van der Waals surface area contributed by atoms with Crippen molar-refractivity contribution in [2.45, 2.75) is 22.9 Å². The van der Waals surface area contributed by atoms with Gasteiger partial charge in [-0.3, -0.25) is 0 Å². The maximum absolute atomic E-state index is 13.1. The molecular formula is C19H17F3N2O2S2. The molecule has 28 heavy (non-hydrogen) atoms. The summed E-state index contributed by atoms with van der Waals surface area (Å²) in [6.45, 7) is 1.88. The number of benzene rings is 2. The lowest BCUT2D eigenvalue weighted by atomic mass is 10.2. The van der Waals surface area contributed by atoms with Crippen molar-refractivity contribution >= 4 is 32.7 Å². The summed E-state index contributed by atoms with van der Waals surface area (Å²) >= 11 is 1.15. The van der Waals surface area contributed by atoms with Crippen LogP contribution < -0.4 is 4.72 Å². The number of sulfonamides is 1. The molecule has 3 rings (SSSR count). The van der Waals surface area contributed by atoms with Gasteiger partial charge >= 0.3 is 6.18 Å². The average molecular weight is 426 g/mol. The number of para-hydroxylation sites is 1. The standard InChI is InChI=1S/C19H17F3N2O2S2/c1-13-5-4-6-14(11-13)28(25,26)23-9-10-27-17-12-18(19(20,21)22)24-16-8-3-2-7-15(16)17/h2-8,11-12,23H,9-10H2,1H3. The largest absolute Gasteiger partial charge is 0.433 e. The number of pyridine rings is 1. The average Bonchev–Trinajstić information content (AvgIpc) is 2.64. The van der Waals surface area contributed by atoms with Gasteiger partial charge in [0.1, 0.15) is 5.69 Å². The highest BCUT2D eigenvalue weighted by Gasteiger charge is 2.33. The second-order valence-corrected chi connectivity index (χ2v) is 8.99. The van der Waals surface area contributed by atoms with Crippen molar-refractivity contribution < 1.29 is 21.6 Å². The Morgan fingerprint density at radius 2 is 1.82 bits per heavy atom. The number of nitrogens with zero attached hydrogens (tertiary/aromatic N) is 1. The van der Waals surface area contributed by atoms with Gasteiger partial charge in [-0.15, -0.1) is 11.8 Å². The normalized spacial score (nSPS) is 12.4. The summed E-state index contributed by atoms with van der Waals surface area (Å²) in [5.41, 5.74) is 0.106. The molecule has 0 fully saturated rings. The smallest absolute Gasteiger partial charge is 0.243 e. The van der Waals surface area contributed by atoms with Crippen molar-refractivity contribution in [3.8, 4) is 0 Å². The van der Waals surface area contributed by atoms with Crippen molar-refractivity contribution in [2.75, 3.05) is 12.3 Å². The van der Waals surface area contributed by atoms with E-state index in [0.29, 0.717) is 10.3 Å².